The van der Waals surface area contributed by atoms with Crippen LogP contribution in [0.3, 0.4) is 0 Å². The van der Waals surface area contributed by atoms with Crippen LogP contribution in [0.15, 0.2) is 41.3 Å². The topological polar surface area (TPSA) is 44.5 Å². The summed E-state index contributed by atoms with van der Waals surface area (Å²) in [6.07, 6.45) is 0. The molecule has 0 aliphatic carbocycles. The lowest BCUT2D eigenvalue weighted by atomic mass is 9.77. The van der Waals surface area contributed by atoms with Crippen LogP contribution in [0, 0.1) is 25.5 Å². The first-order valence-electron chi connectivity index (χ1n) is 6.52. The molecule has 22 heavy (non-hydrogen) atoms. The van der Waals surface area contributed by atoms with Crippen LogP contribution >= 0.6 is 0 Å². The molecule has 0 amide bonds. The van der Waals surface area contributed by atoms with Gasteiger partial charge in [-0.2, -0.15) is 0 Å². The highest BCUT2D eigenvalue weighted by Crippen LogP contribution is 2.29. The Morgan fingerprint density at radius 3 is 2.05 bits per heavy atom. The summed E-state index contributed by atoms with van der Waals surface area (Å²) in [7, 11) is -1.22. The van der Waals surface area contributed by atoms with Crippen molar-refractivity contribution in [3.63, 3.8) is 0 Å². The fourth-order valence-electron chi connectivity index (χ4n) is 2.38. The van der Waals surface area contributed by atoms with Crippen LogP contribution in [0.25, 0.3) is 11.1 Å². The molecule has 1 aliphatic rings. The van der Waals surface area contributed by atoms with E-state index < -0.39 is 18.8 Å². The molecule has 2 aromatic rings. The van der Waals surface area contributed by atoms with Crippen molar-refractivity contribution in [1.82, 2.24) is 5.16 Å². The highest BCUT2D eigenvalue weighted by molar-refractivity contribution is 6.62. The van der Waals surface area contributed by atoms with Crippen molar-refractivity contribution in [3.8, 4) is 11.1 Å². The molecule has 3 rings (SSSR count). The van der Waals surface area contributed by atoms with Gasteiger partial charge in [0, 0.05) is 5.56 Å². The van der Waals surface area contributed by atoms with Gasteiger partial charge in [0.05, 0.1) is 11.2 Å². The van der Waals surface area contributed by atoms with Crippen LogP contribution in [0.2, 0.25) is 0 Å². The fraction of sp³-hybridized carbons (Fsp3) is 0.133. The van der Waals surface area contributed by atoms with Gasteiger partial charge >= 0.3 is 7.12 Å². The summed E-state index contributed by atoms with van der Waals surface area (Å²) in [5.41, 5.74) is 1.13. The van der Waals surface area contributed by atoms with Crippen molar-refractivity contribution < 1.29 is 22.6 Å². The van der Waals surface area contributed by atoms with E-state index in [1.807, 2.05) is 0 Å². The van der Waals surface area contributed by atoms with Crippen molar-refractivity contribution in [1.29, 1.82) is 0 Å². The lowest BCUT2D eigenvalue weighted by Crippen LogP contribution is -2.36. The van der Waals surface area contributed by atoms with Gasteiger partial charge in [-0.3, -0.25) is 0 Å². The molecule has 1 aliphatic heterocycles. The monoisotopic (exact) mass is 303 g/mol. The fourth-order valence-corrected chi connectivity index (χ4v) is 2.38. The summed E-state index contributed by atoms with van der Waals surface area (Å²) in [5.74, 6) is -0.790. The van der Waals surface area contributed by atoms with E-state index in [9.17, 15) is 8.78 Å². The Morgan fingerprint density at radius 1 is 1.05 bits per heavy atom. The number of halogens is 2. The minimum Gasteiger partial charge on any atom is -0.520 e. The van der Waals surface area contributed by atoms with Gasteiger partial charge in [-0.15, -0.1) is 0 Å². The molecule has 0 radical (unpaired) electrons. The van der Waals surface area contributed by atoms with Crippen molar-refractivity contribution >= 4 is 12.6 Å². The largest absolute Gasteiger partial charge is 0.638 e. The van der Waals surface area contributed by atoms with Crippen molar-refractivity contribution in [2.75, 3.05) is 0 Å². The second-order valence-corrected chi connectivity index (χ2v) is 4.97. The van der Waals surface area contributed by atoms with Crippen molar-refractivity contribution in [2.45, 2.75) is 13.8 Å². The molecule has 4 nitrogen and oxygen atoms in total. The molecule has 0 spiro atoms. The zero-order chi connectivity index (χ0) is 16.0. The van der Waals surface area contributed by atoms with E-state index in [0.717, 1.165) is 0 Å². The maximum atomic E-state index is 14.4. The predicted octanol–water partition coefficient (Wildman–Crippen LogP) is 3.01. The van der Waals surface area contributed by atoms with E-state index >= 15 is 0 Å². The third kappa shape index (κ3) is 2.18. The van der Waals surface area contributed by atoms with E-state index in [1.165, 1.54) is 12.1 Å². The molecule has 0 atom stereocenters. The third-order valence-corrected chi connectivity index (χ3v) is 3.45. The van der Waals surface area contributed by atoms with Crippen LogP contribution in [-0.2, 0) is 9.31 Å². The number of aryl methyl sites for hydroxylation is 2. The molecular weight excluding hydrogens is 291 g/mol. The van der Waals surface area contributed by atoms with Crippen LogP contribution in [0.4, 0.5) is 8.78 Å². The standard InChI is InChI=1S/C15H12BF2NO3/c1-7-14(10(4)22-19-7)11-5-12(17)15(13(18)6-11)16-20-8(2)9(3)21-16/h5-6H,2-3H2,1,4H3. The molecule has 112 valence electrons. The molecule has 0 saturated carbocycles. The van der Waals surface area contributed by atoms with E-state index in [1.54, 1.807) is 13.8 Å². The molecule has 1 saturated heterocycles. The van der Waals surface area contributed by atoms with Crippen LogP contribution < -0.4 is 5.46 Å². The zero-order valence-electron chi connectivity index (χ0n) is 12.1. The number of hydrogen-bond donors (Lipinski definition) is 0. The summed E-state index contributed by atoms with van der Waals surface area (Å²) >= 11 is 0. The van der Waals surface area contributed by atoms with Crippen LogP contribution in [0.5, 0.6) is 0 Å². The molecule has 1 fully saturated rings. The number of rotatable bonds is 2. The lowest BCUT2D eigenvalue weighted by Gasteiger charge is -2.09. The van der Waals surface area contributed by atoms with Gasteiger partial charge in [-0.25, -0.2) is 8.78 Å². The Bertz CT molecular complexity index is 742. The maximum absolute atomic E-state index is 14.4. The van der Waals surface area contributed by atoms with E-state index in [0.29, 0.717) is 22.6 Å². The molecular formula is C15H12BF2NO3. The first-order chi connectivity index (χ1) is 10.4. The van der Waals surface area contributed by atoms with Crippen LogP contribution in [0.1, 0.15) is 11.5 Å². The number of hydrogen-bond acceptors (Lipinski definition) is 4. The van der Waals surface area contributed by atoms with E-state index in [4.69, 9.17) is 13.8 Å². The first kappa shape index (κ1) is 14.4. The predicted molar refractivity (Wildman–Crippen MR) is 77.2 cm³/mol. The Hall–Kier alpha value is -2.57. The van der Waals surface area contributed by atoms with Gasteiger partial charge in [0.2, 0.25) is 0 Å². The van der Waals surface area contributed by atoms with Gasteiger partial charge in [0.15, 0.2) is 0 Å². The van der Waals surface area contributed by atoms with Crippen LogP contribution in [-0.4, -0.2) is 12.3 Å². The SMILES string of the molecule is C=C1OB(c2c(F)cc(-c3c(C)noc3C)cc2F)OC1=C. The van der Waals surface area contributed by atoms with E-state index in [-0.39, 0.29) is 17.0 Å². The molecule has 0 unspecified atom stereocenters. The summed E-state index contributed by atoms with van der Waals surface area (Å²) in [4.78, 5) is 0. The molecule has 7 heteroatoms. The first-order valence-corrected chi connectivity index (χ1v) is 6.52. The highest BCUT2D eigenvalue weighted by atomic mass is 19.1. The minimum absolute atomic E-state index is 0.151. The molecule has 0 N–H and O–H groups in total. The lowest BCUT2D eigenvalue weighted by molar-refractivity contribution is 0.393. The number of aromatic nitrogens is 1. The average molecular weight is 303 g/mol. The number of nitrogens with zero attached hydrogens (tertiary/aromatic N) is 1. The summed E-state index contributed by atoms with van der Waals surface area (Å²) in [6.45, 7) is 10.5. The van der Waals surface area contributed by atoms with Gasteiger partial charge in [-0.05, 0) is 31.5 Å². The highest BCUT2D eigenvalue weighted by Gasteiger charge is 2.39. The Morgan fingerprint density at radius 2 is 1.59 bits per heavy atom. The zero-order valence-corrected chi connectivity index (χ0v) is 12.1. The second kappa shape index (κ2) is 5.01. The molecule has 1 aromatic carbocycles. The van der Waals surface area contributed by atoms with E-state index in [2.05, 4.69) is 18.3 Å². The smallest absolute Gasteiger partial charge is 0.520 e. The normalized spacial score (nSPS) is 14.3. The number of benzene rings is 1. The Kier molecular flexibility index (Phi) is 3.28. The second-order valence-electron chi connectivity index (χ2n) is 4.97. The Labute approximate surface area is 126 Å². The Balaban J connectivity index is 2.06. The van der Waals surface area contributed by atoms with Crippen molar-refractivity contribution in [3.05, 3.63) is 59.9 Å². The van der Waals surface area contributed by atoms with Gasteiger partial charge in [-0.1, -0.05) is 18.3 Å². The quantitative estimate of drug-likeness (QED) is 0.800. The summed E-state index contributed by atoms with van der Waals surface area (Å²) in [5, 5.41) is 3.78. The summed E-state index contributed by atoms with van der Waals surface area (Å²) < 4.78 is 44.1. The van der Waals surface area contributed by atoms with Crippen molar-refractivity contribution in [2.24, 2.45) is 0 Å². The third-order valence-electron chi connectivity index (χ3n) is 3.45. The average Bonchev–Trinajstić information content (AvgIpc) is 2.92. The summed E-state index contributed by atoms with van der Waals surface area (Å²) in [6, 6.07) is 2.39. The molecule has 0 bridgehead atoms. The van der Waals surface area contributed by atoms with Gasteiger partial charge in [0.25, 0.3) is 0 Å². The van der Waals surface area contributed by atoms with Gasteiger partial charge < -0.3 is 13.8 Å². The molecule has 1 aromatic heterocycles. The molecule has 2 heterocycles. The maximum Gasteiger partial charge on any atom is 0.638 e. The minimum atomic E-state index is -1.22. The van der Waals surface area contributed by atoms with Gasteiger partial charge in [0.1, 0.15) is 28.9 Å².